The molecule has 0 aliphatic heterocycles. The number of hydrogen-bond acceptors (Lipinski definition) is 2. The molecule has 49 valence electrons. The van der Waals surface area contributed by atoms with Crippen molar-refractivity contribution in [3.05, 3.63) is 0 Å². The number of urea groups is 2. The van der Waals surface area contributed by atoms with E-state index in [0.29, 0.717) is 0 Å². The molecule has 0 rings (SSSR count). The summed E-state index contributed by atoms with van der Waals surface area (Å²) in [7, 11) is 0. The fourth-order valence-electron chi connectivity index (χ4n) is 0. The zero-order chi connectivity index (χ0) is 7.15. The van der Waals surface area contributed by atoms with Crippen LogP contribution in [0.25, 0.3) is 0 Å². The van der Waals surface area contributed by atoms with Crippen molar-refractivity contribution in [3.8, 4) is 0 Å². The predicted molar refractivity (Wildman–Crippen MR) is 33.3 cm³/mol. The van der Waals surface area contributed by atoms with Gasteiger partial charge in [-0.2, -0.15) is 0 Å². The van der Waals surface area contributed by atoms with E-state index in [1.807, 2.05) is 0 Å². The van der Waals surface area contributed by atoms with E-state index in [2.05, 4.69) is 22.9 Å². The molecule has 8 N–H and O–H groups in total. The minimum absolute atomic E-state index is 0. The van der Waals surface area contributed by atoms with E-state index in [9.17, 15) is 0 Å². The molecule has 9 heavy (non-hydrogen) atoms. The molecule has 0 aliphatic rings. The molecule has 0 aromatic heterocycles. The molecule has 7 heteroatoms. The average molecular weight is 127 g/mol. The van der Waals surface area contributed by atoms with Crippen molar-refractivity contribution < 1.29 is 9.59 Å². The van der Waals surface area contributed by atoms with Gasteiger partial charge in [-0.15, -0.1) is 0 Å². The third kappa shape index (κ3) is 253. The maximum Gasteiger partial charge on any atom is 0.309 e. The maximum atomic E-state index is 9.00. The van der Waals surface area contributed by atoms with Gasteiger partial charge in [0.1, 0.15) is 0 Å². The Morgan fingerprint density at radius 1 is 0.778 bits per heavy atom. The third-order valence-corrected chi connectivity index (χ3v) is 0. The van der Waals surface area contributed by atoms with Gasteiger partial charge in [-0.3, -0.25) is 0 Å². The Hall–Kier alpha value is -0.863. The largest absolute Gasteiger partial charge is 0.352 e. The summed E-state index contributed by atoms with van der Waals surface area (Å²) in [6.07, 6.45) is 0. The fourth-order valence-corrected chi connectivity index (χ4v) is 0. The second-order valence-corrected chi connectivity index (χ2v) is 0.805. The first-order valence-corrected chi connectivity index (χ1v) is 1.56. The van der Waals surface area contributed by atoms with Crippen LogP contribution in [0.5, 0.6) is 0 Å². The number of amides is 4. The van der Waals surface area contributed by atoms with Crippen LogP contribution in [0, 0.1) is 0 Å². The van der Waals surface area contributed by atoms with Crippen molar-refractivity contribution in [1.82, 2.24) is 0 Å². The molecule has 0 aromatic carbocycles. The van der Waals surface area contributed by atoms with Crippen LogP contribution >= 0.6 is 0 Å². The van der Waals surface area contributed by atoms with Crippen LogP contribution in [-0.4, -0.2) is 30.9 Å². The van der Waals surface area contributed by atoms with Gasteiger partial charge in [0.25, 0.3) is 0 Å². The van der Waals surface area contributed by atoms with Crippen LogP contribution in [0.4, 0.5) is 9.59 Å². The third-order valence-electron chi connectivity index (χ3n) is 0. The summed E-state index contributed by atoms with van der Waals surface area (Å²) in [5, 5.41) is 0. The van der Waals surface area contributed by atoms with Gasteiger partial charge in [0.05, 0.1) is 0 Å². The summed E-state index contributed by atoms with van der Waals surface area (Å²) < 4.78 is 0. The van der Waals surface area contributed by atoms with Crippen molar-refractivity contribution in [2.24, 2.45) is 22.9 Å². The quantitative estimate of drug-likeness (QED) is 0.271. The summed E-state index contributed by atoms with van der Waals surface area (Å²) in [6.45, 7) is 0. The van der Waals surface area contributed by atoms with Crippen molar-refractivity contribution in [1.29, 1.82) is 0 Å². The molecular weight excluding hydrogens is 119 g/mol. The van der Waals surface area contributed by atoms with E-state index in [4.69, 9.17) is 9.59 Å². The Morgan fingerprint density at radius 2 is 0.778 bits per heavy atom. The van der Waals surface area contributed by atoms with Crippen molar-refractivity contribution in [2.75, 3.05) is 0 Å². The predicted octanol–water partition coefficient (Wildman–Crippen LogP) is -2.33. The van der Waals surface area contributed by atoms with Crippen LogP contribution in [-0.2, 0) is 0 Å². The molecule has 0 unspecified atom stereocenters. The first kappa shape index (κ1) is 15.7. The second-order valence-electron chi connectivity index (χ2n) is 0.805. The number of carbonyl (C=O) groups excluding carboxylic acids is 2. The number of rotatable bonds is 0. The number of carbonyl (C=O) groups is 2. The van der Waals surface area contributed by atoms with Crippen molar-refractivity contribution in [2.45, 2.75) is 0 Å². The average Bonchev–Trinajstić information content (AvgIpc) is 1.25. The topological polar surface area (TPSA) is 138 Å². The molecule has 0 atom stereocenters. The molecule has 0 spiro atoms. The fraction of sp³-hybridized carbons (Fsp3) is 0. The van der Waals surface area contributed by atoms with E-state index in [1.165, 1.54) is 0 Å². The Bertz CT molecular complexity index is 74.6. The van der Waals surface area contributed by atoms with Gasteiger partial charge in [-0.25, -0.2) is 9.59 Å². The summed E-state index contributed by atoms with van der Waals surface area (Å²) in [5.41, 5.74) is 17.0. The van der Waals surface area contributed by atoms with Gasteiger partial charge < -0.3 is 22.9 Å². The minimum Gasteiger partial charge on any atom is -0.352 e. The summed E-state index contributed by atoms with van der Waals surface area (Å²) in [5.74, 6) is 0. The van der Waals surface area contributed by atoms with Crippen LogP contribution < -0.4 is 22.9 Å². The van der Waals surface area contributed by atoms with Gasteiger partial charge in [-0.05, 0) is 0 Å². The van der Waals surface area contributed by atoms with E-state index < -0.39 is 12.1 Å². The molecule has 0 aliphatic carbocycles. The normalized spacial score (nSPS) is 5.33. The van der Waals surface area contributed by atoms with E-state index in [0.717, 1.165) is 0 Å². The number of hydrogen-bond donors (Lipinski definition) is 4. The molecule has 0 heterocycles. The minimum atomic E-state index is -0.833. The zero-order valence-electron chi connectivity index (χ0n) is 5.13. The van der Waals surface area contributed by atoms with Crippen LogP contribution in [0.15, 0.2) is 0 Å². The van der Waals surface area contributed by atoms with E-state index in [-0.39, 0.29) is 18.9 Å². The summed E-state index contributed by atoms with van der Waals surface area (Å²) in [4.78, 5) is 18.0. The van der Waals surface area contributed by atoms with Gasteiger partial charge in [0.2, 0.25) is 0 Å². The Labute approximate surface area is 64.1 Å². The van der Waals surface area contributed by atoms with Crippen molar-refractivity contribution in [3.63, 3.8) is 0 Å². The smallest absolute Gasteiger partial charge is 0.309 e. The van der Waals surface area contributed by atoms with Crippen LogP contribution in [0.3, 0.4) is 0 Å². The van der Waals surface area contributed by atoms with E-state index in [1.54, 1.807) is 0 Å². The van der Waals surface area contributed by atoms with Gasteiger partial charge >= 0.3 is 12.1 Å². The summed E-state index contributed by atoms with van der Waals surface area (Å²) >= 11 is 0. The molecule has 0 saturated heterocycles. The van der Waals surface area contributed by atoms with Crippen LogP contribution in [0.2, 0.25) is 0 Å². The second kappa shape index (κ2) is 10.2. The molecule has 0 fully saturated rings. The van der Waals surface area contributed by atoms with Crippen molar-refractivity contribution >= 4 is 30.9 Å². The first-order valence-electron chi connectivity index (χ1n) is 1.56. The Morgan fingerprint density at radius 3 is 0.778 bits per heavy atom. The maximum absolute atomic E-state index is 9.00. The zero-order valence-corrected chi connectivity index (χ0v) is 5.13. The number of nitrogens with two attached hydrogens (primary N) is 4. The SMILES string of the molecule is NC(N)=O.NC(N)=O.[Li]. The Balaban J connectivity index is -0.0000000720. The van der Waals surface area contributed by atoms with Gasteiger partial charge in [0, 0.05) is 18.9 Å². The standard InChI is InChI=1S/2CH4N2O.Li/c2*2-1(3)4;/h2*(H4,2,3,4);. The molecule has 0 saturated carbocycles. The van der Waals surface area contributed by atoms with Gasteiger partial charge in [-0.1, -0.05) is 0 Å². The first-order chi connectivity index (χ1) is 3.46. The molecule has 0 aromatic rings. The van der Waals surface area contributed by atoms with Crippen LogP contribution in [0.1, 0.15) is 0 Å². The Kier molecular flexibility index (Phi) is 17.8. The molecular formula is C2H8LiN4O2. The van der Waals surface area contributed by atoms with Gasteiger partial charge in [0.15, 0.2) is 0 Å². The molecule has 6 nitrogen and oxygen atoms in total. The monoisotopic (exact) mass is 127 g/mol. The molecule has 4 amide bonds. The summed E-state index contributed by atoms with van der Waals surface area (Å²) in [6, 6.07) is -1.67. The number of primary amides is 4. The molecule has 0 bridgehead atoms. The van der Waals surface area contributed by atoms with E-state index >= 15 is 0 Å². The molecule has 1 radical (unpaired) electrons.